The van der Waals surface area contributed by atoms with Gasteiger partial charge in [-0.25, -0.2) is 0 Å². The lowest BCUT2D eigenvalue weighted by atomic mass is 10.2. The Morgan fingerprint density at radius 2 is 2.32 bits per heavy atom. The van der Waals surface area contributed by atoms with Gasteiger partial charge in [0.1, 0.15) is 18.5 Å². The van der Waals surface area contributed by atoms with E-state index in [1.54, 1.807) is 24.3 Å². The van der Waals surface area contributed by atoms with Gasteiger partial charge in [-0.3, -0.25) is 4.79 Å². The zero-order valence-corrected chi connectivity index (χ0v) is 10.3. The number of carboxylic acid groups (broad SMARTS) is 1. The highest BCUT2D eigenvalue weighted by Gasteiger charge is 2.23. The number of hydrogen-bond acceptors (Lipinski definition) is 5. The molecule has 0 aromatic heterocycles. The Morgan fingerprint density at radius 1 is 1.47 bits per heavy atom. The second kappa shape index (κ2) is 6.19. The maximum atomic E-state index is 11.8. The van der Waals surface area contributed by atoms with E-state index in [0.717, 1.165) is 6.42 Å². The van der Waals surface area contributed by atoms with Crippen LogP contribution in [0, 0.1) is 0 Å². The van der Waals surface area contributed by atoms with Crippen molar-refractivity contribution in [3.05, 3.63) is 24.3 Å². The molecule has 1 aliphatic heterocycles. The summed E-state index contributed by atoms with van der Waals surface area (Å²) < 4.78 is 10.2. The van der Waals surface area contributed by atoms with Gasteiger partial charge in [0.15, 0.2) is 0 Å². The highest BCUT2D eigenvalue weighted by Crippen LogP contribution is 2.19. The van der Waals surface area contributed by atoms with Gasteiger partial charge in [0, 0.05) is 18.4 Å². The highest BCUT2D eigenvalue weighted by atomic mass is 16.5. The quantitative estimate of drug-likeness (QED) is 0.804. The monoisotopic (exact) mass is 264 g/mol. The van der Waals surface area contributed by atoms with Gasteiger partial charge in [-0.15, -0.1) is 0 Å². The van der Waals surface area contributed by atoms with Crippen LogP contribution in [-0.4, -0.2) is 31.2 Å². The fourth-order valence-corrected chi connectivity index (χ4v) is 1.81. The van der Waals surface area contributed by atoms with Crippen molar-refractivity contribution in [2.24, 2.45) is 0 Å². The number of hydrogen-bond donors (Lipinski definition) is 1. The van der Waals surface area contributed by atoms with Crippen molar-refractivity contribution in [1.82, 2.24) is 0 Å². The van der Waals surface area contributed by atoms with Crippen molar-refractivity contribution < 1.29 is 24.2 Å². The lowest BCUT2D eigenvalue weighted by Gasteiger charge is -2.12. The fraction of sp³-hybridized carbons (Fsp3) is 0.385. The van der Waals surface area contributed by atoms with E-state index in [0.29, 0.717) is 24.5 Å². The first-order valence-corrected chi connectivity index (χ1v) is 6.00. The lowest BCUT2D eigenvalue weighted by Crippen LogP contribution is -2.29. The normalized spacial score (nSPS) is 18.0. The molecular weight excluding hydrogens is 250 g/mol. The van der Waals surface area contributed by atoms with Crippen molar-refractivity contribution >= 4 is 17.6 Å². The Balaban J connectivity index is 1.94. The minimum absolute atomic E-state index is 0.199. The largest absolute Gasteiger partial charge is 0.546 e. The van der Waals surface area contributed by atoms with Gasteiger partial charge in [-0.2, -0.15) is 0 Å². The Bertz CT molecular complexity index is 468. The van der Waals surface area contributed by atoms with Crippen LogP contribution in [0.4, 0.5) is 5.69 Å². The summed E-state index contributed by atoms with van der Waals surface area (Å²) in [5.41, 5.74) is 0.538. The molecule has 1 amide bonds. The van der Waals surface area contributed by atoms with Gasteiger partial charge < -0.3 is 24.7 Å². The summed E-state index contributed by atoms with van der Waals surface area (Å²) in [6.45, 7) is 0.0794. The number of ether oxygens (including phenoxy) is 2. The molecule has 6 nitrogen and oxygen atoms in total. The van der Waals surface area contributed by atoms with Gasteiger partial charge in [0.25, 0.3) is 5.91 Å². The summed E-state index contributed by atoms with van der Waals surface area (Å²) in [6, 6.07) is 6.51. The maximum absolute atomic E-state index is 11.8. The van der Waals surface area contributed by atoms with E-state index in [9.17, 15) is 14.7 Å². The summed E-state index contributed by atoms with van der Waals surface area (Å²) >= 11 is 0. The third-order valence-corrected chi connectivity index (χ3v) is 2.68. The standard InChI is InChI=1S/C13H15NO5/c15-12(16)8-19-10-4-1-3-9(7-10)14-13(17)11-5-2-6-18-11/h1,3-4,7,11H,2,5-6,8H2,(H,14,17)(H,15,16)/p-1/t11-/m0/s1. The molecule has 1 aliphatic rings. The number of aliphatic carboxylic acids is 1. The van der Waals surface area contributed by atoms with Crippen molar-refractivity contribution in [3.63, 3.8) is 0 Å². The fourth-order valence-electron chi connectivity index (χ4n) is 1.81. The van der Waals surface area contributed by atoms with Gasteiger partial charge in [-0.1, -0.05) is 6.07 Å². The van der Waals surface area contributed by atoms with Crippen molar-refractivity contribution in [2.75, 3.05) is 18.5 Å². The molecule has 1 atom stereocenters. The topological polar surface area (TPSA) is 87.7 Å². The summed E-state index contributed by atoms with van der Waals surface area (Å²) in [6.07, 6.45) is 1.19. The van der Waals surface area contributed by atoms with Crippen LogP contribution in [0.3, 0.4) is 0 Å². The molecule has 1 N–H and O–H groups in total. The molecule has 0 bridgehead atoms. The average molecular weight is 264 g/mol. The van der Waals surface area contributed by atoms with Gasteiger partial charge in [0.2, 0.25) is 0 Å². The van der Waals surface area contributed by atoms with Gasteiger partial charge >= 0.3 is 0 Å². The SMILES string of the molecule is O=C([O-])COc1cccc(NC(=O)[C@@H]2CCCO2)c1. The van der Waals surface area contributed by atoms with E-state index in [1.165, 1.54) is 0 Å². The second-order valence-corrected chi connectivity index (χ2v) is 4.18. The summed E-state index contributed by atoms with van der Waals surface area (Å²) in [7, 11) is 0. The van der Waals surface area contributed by atoms with Crippen LogP contribution in [0.25, 0.3) is 0 Å². The van der Waals surface area contributed by atoms with Crippen LogP contribution < -0.4 is 15.2 Å². The molecule has 102 valence electrons. The number of benzene rings is 1. The van der Waals surface area contributed by atoms with E-state index in [4.69, 9.17) is 9.47 Å². The number of carbonyl (C=O) groups excluding carboxylic acids is 2. The molecule has 0 unspecified atom stereocenters. The van der Waals surface area contributed by atoms with Gasteiger partial charge in [0.05, 0.1) is 5.97 Å². The van der Waals surface area contributed by atoms with E-state index >= 15 is 0 Å². The first-order chi connectivity index (χ1) is 9.15. The van der Waals surface area contributed by atoms with Crippen LogP contribution in [0.1, 0.15) is 12.8 Å². The van der Waals surface area contributed by atoms with Crippen LogP contribution in [0.2, 0.25) is 0 Å². The first-order valence-electron chi connectivity index (χ1n) is 6.00. The maximum Gasteiger partial charge on any atom is 0.253 e. The number of anilines is 1. The molecule has 1 aromatic rings. The predicted octanol–water partition coefficient (Wildman–Crippen LogP) is -0.0672. The van der Waals surface area contributed by atoms with Crippen molar-refractivity contribution in [2.45, 2.75) is 18.9 Å². The lowest BCUT2D eigenvalue weighted by molar-refractivity contribution is -0.307. The molecule has 2 rings (SSSR count). The molecule has 0 spiro atoms. The second-order valence-electron chi connectivity index (χ2n) is 4.18. The van der Waals surface area contributed by atoms with Crippen LogP contribution >= 0.6 is 0 Å². The van der Waals surface area contributed by atoms with Crippen LogP contribution in [-0.2, 0) is 14.3 Å². The number of carbonyl (C=O) groups is 2. The first kappa shape index (κ1) is 13.4. The third kappa shape index (κ3) is 3.96. The van der Waals surface area contributed by atoms with E-state index in [1.807, 2.05) is 0 Å². The summed E-state index contributed by atoms with van der Waals surface area (Å²) in [5, 5.41) is 13.0. The summed E-state index contributed by atoms with van der Waals surface area (Å²) in [4.78, 5) is 22.1. The van der Waals surface area contributed by atoms with E-state index in [-0.39, 0.29) is 5.91 Å². The van der Waals surface area contributed by atoms with Crippen molar-refractivity contribution in [1.29, 1.82) is 0 Å². The van der Waals surface area contributed by atoms with Crippen molar-refractivity contribution in [3.8, 4) is 5.75 Å². The smallest absolute Gasteiger partial charge is 0.253 e. The van der Waals surface area contributed by atoms with Crippen LogP contribution in [0.15, 0.2) is 24.3 Å². The van der Waals surface area contributed by atoms with Crippen LogP contribution in [0.5, 0.6) is 5.75 Å². The summed E-state index contributed by atoms with van der Waals surface area (Å²) in [5.74, 6) is -1.14. The number of rotatable bonds is 5. The molecule has 1 aromatic carbocycles. The average Bonchev–Trinajstić information content (AvgIpc) is 2.91. The zero-order valence-electron chi connectivity index (χ0n) is 10.3. The number of amides is 1. The number of nitrogens with one attached hydrogen (secondary N) is 1. The Labute approximate surface area is 110 Å². The third-order valence-electron chi connectivity index (χ3n) is 2.68. The molecular formula is C13H14NO5-. The molecule has 19 heavy (non-hydrogen) atoms. The van der Waals surface area contributed by atoms with Gasteiger partial charge in [-0.05, 0) is 25.0 Å². The molecule has 0 aliphatic carbocycles. The minimum Gasteiger partial charge on any atom is -0.546 e. The highest BCUT2D eigenvalue weighted by molar-refractivity contribution is 5.94. The Kier molecular flexibility index (Phi) is 4.35. The Hall–Kier alpha value is -2.08. The minimum atomic E-state index is -1.30. The Morgan fingerprint density at radius 3 is 3.00 bits per heavy atom. The van der Waals surface area contributed by atoms with E-state index in [2.05, 4.69) is 5.32 Å². The molecule has 6 heteroatoms. The molecule has 1 fully saturated rings. The number of carboxylic acids is 1. The molecule has 1 heterocycles. The molecule has 0 saturated carbocycles. The molecule has 1 saturated heterocycles. The zero-order chi connectivity index (χ0) is 13.7. The van der Waals surface area contributed by atoms with E-state index < -0.39 is 18.7 Å². The molecule has 0 radical (unpaired) electrons. The predicted molar refractivity (Wildman–Crippen MR) is 64.5 cm³/mol.